The first-order chi connectivity index (χ1) is 9.86. The molecule has 0 spiro atoms. The Balaban J connectivity index is 2.32. The Labute approximate surface area is 128 Å². The second-order valence-corrected chi connectivity index (χ2v) is 8.37. The number of nitrogens with zero attached hydrogens (tertiary/aromatic N) is 2. The number of nitrogens with one attached hydrogen (secondary N) is 1. The lowest BCUT2D eigenvalue weighted by molar-refractivity contribution is -0.383. The summed E-state index contributed by atoms with van der Waals surface area (Å²) in [5.74, 6) is 0.520. The van der Waals surface area contributed by atoms with Crippen LogP contribution in [0.2, 0.25) is 0 Å². The molecule has 1 N–H and O–H groups in total. The van der Waals surface area contributed by atoms with Crippen LogP contribution in [0.3, 0.4) is 0 Å². The van der Waals surface area contributed by atoms with Crippen LogP contribution in [0.15, 0.2) is 10.3 Å². The van der Waals surface area contributed by atoms with E-state index in [1.165, 1.54) is 4.31 Å². The van der Waals surface area contributed by atoms with Gasteiger partial charge in [0.05, 0.1) is 4.92 Å². The molecule has 1 fully saturated rings. The Bertz CT molecular complexity index is 618. The molecule has 0 atom stereocenters. The first kappa shape index (κ1) is 16.2. The SMILES string of the molecule is CCNc1sc(S(=O)(=O)N2CCC(C)CC2)cc1[N+](=O)[O-]. The first-order valence-corrected chi connectivity index (χ1v) is 9.14. The van der Waals surface area contributed by atoms with Crippen LogP contribution in [0.5, 0.6) is 0 Å². The van der Waals surface area contributed by atoms with Gasteiger partial charge in [-0.25, -0.2) is 8.42 Å². The van der Waals surface area contributed by atoms with Gasteiger partial charge in [-0.1, -0.05) is 18.3 Å². The fraction of sp³-hybridized carbons (Fsp3) is 0.667. The molecule has 0 saturated carbocycles. The van der Waals surface area contributed by atoms with Gasteiger partial charge >= 0.3 is 5.69 Å². The van der Waals surface area contributed by atoms with E-state index in [-0.39, 0.29) is 9.90 Å². The number of anilines is 1. The van der Waals surface area contributed by atoms with Crippen LogP contribution in [0, 0.1) is 16.0 Å². The summed E-state index contributed by atoms with van der Waals surface area (Å²) in [5.41, 5.74) is -0.175. The number of rotatable bonds is 5. The topological polar surface area (TPSA) is 92.6 Å². The van der Waals surface area contributed by atoms with E-state index in [1.54, 1.807) is 0 Å². The lowest BCUT2D eigenvalue weighted by Gasteiger charge is -2.28. The normalized spacial score (nSPS) is 17.8. The summed E-state index contributed by atoms with van der Waals surface area (Å²) in [6.07, 6.45) is 1.65. The monoisotopic (exact) mass is 333 g/mol. The minimum absolute atomic E-state index is 0.0414. The molecule has 0 amide bonds. The predicted octanol–water partition coefficient (Wildman–Crippen LogP) is 2.51. The van der Waals surface area contributed by atoms with E-state index in [9.17, 15) is 18.5 Å². The van der Waals surface area contributed by atoms with Crippen LogP contribution in [0.1, 0.15) is 26.7 Å². The van der Waals surface area contributed by atoms with Crippen molar-refractivity contribution in [2.24, 2.45) is 5.92 Å². The maximum atomic E-state index is 12.6. The Morgan fingerprint density at radius 1 is 1.48 bits per heavy atom. The van der Waals surface area contributed by atoms with Crippen molar-refractivity contribution in [2.75, 3.05) is 25.0 Å². The van der Waals surface area contributed by atoms with E-state index in [1.807, 2.05) is 6.92 Å². The van der Waals surface area contributed by atoms with Crippen molar-refractivity contribution in [1.82, 2.24) is 4.31 Å². The number of hydrogen-bond acceptors (Lipinski definition) is 6. The second-order valence-electron chi connectivity index (χ2n) is 5.15. The van der Waals surface area contributed by atoms with Crippen LogP contribution in [0.25, 0.3) is 0 Å². The van der Waals surface area contributed by atoms with Crippen LogP contribution < -0.4 is 5.32 Å². The van der Waals surface area contributed by atoms with Gasteiger partial charge in [0.1, 0.15) is 4.21 Å². The molecule has 1 aromatic rings. The predicted molar refractivity (Wildman–Crippen MR) is 82.3 cm³/mol. The zero-order valence-corrected chi connectivity index (χ0v) is 13.7. The molecular formula is C12H19N3O4S2. The summed E-state index contributed by atoms with van der Waals surface area (Å²) in [7, 11) is -3.63. The maximum Gasteiger partial charge on any atom is 0.304 e. The maximum absolute atomic E-state index is 12.6. The van der Waals surface area contributed by atoms with Gasteiger partial charge in [0, 0.05) is 25.7 Å². The van der Waals surface area contributed by atoms with E-state index in [2.05, 4.69) is 12.2 Å². The number of piperidine rings is 1. The smallest absolute Gasteiger partial charge is 0.304 e. The molecule has 2 heterocycles. The average Bonchev–Trinajstić information content (AvgIpc) is 2.84. The Kier molecular flexibility index (Phi) is 4.84. The molecule has 1 aliphatic rings. The summed E-state index contributed by atoms with van der Waals surface area (Å²) in [5, 5.41) is 14.2. The zero-order valence-electron chi connectivity index (χ0n) is 12.0. The number of nitro groups is 1. The third-order valence-electron chi connectivity index (χ3n) is 3.56. The first-order valence-electron chi connectivity index (χ1n) is 6.88. The van der Waals surface area contributed by atoms with Crippen molar-refractivity contribution in [3.05, 3.63) is 16.2 Å². The molecule has 0 aliphatic carbocycles. The van der Waals surface area contributed by atoms with Crippen LogP contribution >= 0.6 is 11.3 Å². The molecule has 21 heavy (non-hydrogen) atoms. The lowest BCUT2D eigenvalue weighted by atomic mass is 10.0. The molecule has 118 valence electrons. The highest BCUT2D eigenvalue weighted by molar-refractivity contribution is 7.91. The molecular weight excluding hydrogens is 314 g/mol. The van der Waals surface area contributed by atoms with Crippen molar-refractivity contribution >= 4 is 32.0 Å². The van der Waals surface area contributed by atoms with Crippen molar-refractivity contribution in [1.29, 1.82) is 0 Å². The Morgan fingerprint density at radius 3 is 2.62 bits per heavy atom. The van der Waals surface area contributed by atoms with Gasteiger partial charge in [0.2, 0.25) is 0 Å². The Hall–Kier alpha value is -1.19. The molecule has 0 bridgehead atoms. The quantitative estimate of drug-likeness (QED) is 0.660. The fourth-order valence-electron chi connectivity index (χ4n) is 2.26. The van der Waals surface area contributed by atoms with Gasteiger partial charge < -0.3 is 5.32 Å². The minimum atomic E-state index is -3.63. The number of thiophene rings is 1. The molecule has 9 heteroatoms. The molecule has 1 aliphatic heterocycles. The third kappa shape index (κ3) is 3.35. The summed E-state index contributed by atoms with van der Waals surface area (Å²) in [6.45, 7) is 5.37. The molecule has 2 rings (SSSR count). The minimum Gasteiger partial charge on any atom is -0.372 e. The Morgan fingerprint density at radius 2 is 2.10 bits per heavy atom. The highest BCUT2D eigenvalue weighted by Gasteiger charge is 2.32. The summed E-state index contributed by atoms with van der Waals surface area (Å²) >= 11 is 0.931. The summed E-state index contributed by atoms with van der Waals surface area (Å²) in [4.78, 5) is 10.5. The summed E-state index contributed by atoms with van der Waals surface area (Å²) < 4.78 is 26.6. The van der Waals surface area contributed by atoms with E-state index in [0.29, 0.717) is 30.6 Å². The highest BCUT2D eigenvalue weighted by Crippen LogP contribution is 2.38. The molecule has 0 aromatic carbocycles. The highest BCUT2D eigenvalue weighted by atomic mass is 32.2. The van der Waals surface area contributed by atoms with Gasteiger partial charge in [-0.3, -0.25) is 10.1 Å². The van der Waals surface area contributed by atoms with Gasteiger partial charge in [0.25, 0.3) is 10.0 Å². The third-order valence-corrected chi connectivity index (χ3v) is 6.99. The molecule has 0 unspecified atom stereocenters. The average molecular weight is 333 g/mol. The summed E-state index contributed by atoms with van der Waals surface area (Å²) in [6, 6.07) is 1.16. The van der Waals surface area contributed by atoms with Gasteiger partial charge in [-0.05, 0) is 25.7 Å². The van der Waals surface area contributed by atoms with Crippen molar-refractivity contribution in [2.45, 2.75) is 30.9 Å². The van der Waals surface area contributed by atoms with Gasteiger partial charge in [-0.2, -0.15) is 4.31 Å². The zero-order chi connectivity index (χ0) is 15.6. The number of sulfonamides is 1. The van der Waals surface area contributed by atoms with E-state index < -0.39 is 14.9 Å². The van der Waals surface area contributed by atoms with E-state index in [4.69, 9.17) is 0 Å². The van der Waals surface area contributed by atoms with Gasteiger partial charge in [-0.15, -0.1) is 0 Å². The largest absolute Gasteiger partial charge is 0.372 e. The van der Waals surface area contributed by atoms with E-state index in [0.717, 1.165) is 30.2 Å². The standard InChI is InChI=1S/C12H19N3O4S2/c1-3-13-12-10(15(16)17)8-11(20-12)21(18,19)14-6-4-9(2)5-7-14/h8-9,13H,3-7H2,1-2H3. The number of hydrogen-bond donors (Lipinski definition) is 1. The van der Waals surface area contributed by atoms with Crippen molar-refractivity contribution in [3.63, 3.8) is 0 Å². The second kappa shape index (κ2) is 6.29. The van der Waals surface area contributed by atoms with Crippen molar-refractivity contribution < 1.29 is 13.3 Å². The fourth-order valence-corrected chi connectivity index (χ4v) is 5.28. The molecule has 1 saturated heterocycles. The van der Waals surface area contributed by atoms with Crippen molar-refractivity contribution in [3.8, 4) is 0 Å². The molecule has 0 radical (unpaired) electrons. The molecule has 1 aromatic heterocycles. The van der Waals surface area contributed by atoms with Crippen LogP contribution in [-0.2, 0) is 10.0 Å². The molecule has 7 nitrogen and oxygen atoms in total. The lowest BCUT2D eigenvalue weighted by Crippen LogP contribution is -2.37. The van der Waals surface area contributed by atoms with Crippen LogP contribution in [-0.4, -0.2) is 37.3 Å². The van der Waals surface area contributed by atoms with Gasteiger partial charge in [0.15, 0.2) is 5.00 Å². The van der Waals surface area contributed by atoms with E-state index >= 15 is 0 Å². The van der Waals surface area contributed by atoms with Crippen LogP contribution in [0.4, 0.5) is 10.7 Å².